The Kier molecular flexibility index (Phi) is 6.24. The van der Waals surface area contributed by atoms with Crippen molar-refractivity contribution in [3.63, 3.8) is 0 Å². The van der Waals surface area contributed by atoms with E-state index in [9.17, 15) is 14.9 Å². The Morgan fingerprint density at radius 3 is 2.71 bits per heavy atom. The minimum Gasteiger partial charge on any atom is -0.379 e. The number of nitrogens with zero attached hydrogens (tertiary/aromatic N) is 4. The molecular formula is C22H25N5O4. The van der Waals surface area contributed by atoms with Gasteiger partial charge in [-0.1, -0.05) is 30.3 Å². The van der Waals surface area contributed by atoms with Crippen LogP contribution in [0.1, 0.15) is 23.0 Å². The van der Waals surface area contributed by atoms with Crippen molar-refractivity contribution in [1.82, 2.24) is 20.0 Å². The lowest BCUT2D eigenvalue weighted by Crippen LogP contribution is -2.48. The summed E-state index contributed by atoms with van der Waals surface area (Å²) in [6.07, 6.45) is 0. The van der Waals surface area contributed by atoms with Crippen LogP contribution in [0.5, 0.6) is 0 Å². The van der Waals surface area contributed by atoms with Crippen molar-refractivity contribution in [2.45, 2.75) is 19.5 Å². The van der Waals surface area contributed by atoms with E-state index in [2.05, 4.69) is 15.1 Å². The number of nitro groups is 1. The largest absolute Gasteiger partial charge is 0.379 e. The number of fused-ring (bicyclic) bond motifs is 1. The number of nitro benzene ring substituents is 1. The predicted molar refractivity (Wildman–Crippen MR) is 116 cm³/mol. The molecule has 1 aliphatic rings. The number of rotatable bonds is 7. The number of ether oxygens (including phenoxy) is 1. The third-order valence-corrected chi connectivity index (χ3v) is 5.57. The fourth-order valence-electron chi connectivity index (χ4n) is 3.88. The highest BCUT2D eigenvalue weighted by Gasteiger charge is 2.28. The van der Waals surface area contributed by atoms with Crippen LogP contribution < -0.4 is 0 Å². The number of aromatic amines is 1. The van der Waals surface area contributed by atoms with E-state index < -0.39 is 4.92 Å². The molecule has 2 aromatic carbocycles. The van der Waals surface area contributed by atoms with Crippen molar-refractivity contribution in [2.24, 2.45) is 0 Å². The SMILES string of the molecule is CC(CN1CCOCC1)N(Cc1ccccc1)C(=O)c1n[nH]c2ccc([N+](=O)[O-])cc12. The van der Waals surface area contributed by atoms with E-state index in [4.69, 9.17) is 4.74 Å². The number of non-ortho nitro benzene ring substituents is 1. The van der Waals surface area contributed by atoms with Gasteiger partial charge in [0.25, 0.3) is 11.6 Å². The number of benzene rings is 2. The molecule has 0 bridgehead atoms. The molecule has 0 radical (unpaired) electrons. The second-order valence-electron chi connectivity index (χ2n) is 7.74. The molecule has 1 N–H and O–H groups in total. The normalized spacial score (nSPS) is 15.6. The molecule has 1 amide bonds. The fraction of sp³-hybridized carbons (Fsp3) is 0.364. The Hall–Kier alpha value is -3.30. The molecule has 2 heterocycles. The number of carbonyl (C=O) groups excluding carboxylic acids is 1. The Morgan fingerprint density at radius 1 is 1.26 bits per heavy atom. The van der Waals surface area contributed by atoms with Gasteiger partial charge >= 0.3 is 0 Å². The van der Waals surface area contributed by atoms with Crippen molar-refractivity contribution >= 4 is 22.5 Å². The van der Waals surface area contributed by atoms with Gasteiger partial charge in [0.05, 0.1) is 23.7 Å². The summed E-state index contributed by atoms with van der Waals surface area (Å²) in [6.45, 7) is 6.19. The number of carbonyl (C=O) groups is 1. The summed E-state index contributed by atoms with van der Waals surface area (Å²) in [4.78, 5) is 28.4. The van der Waals surface area contributed by atoms with Gasteiger partial charge in [0.15, 0.2) is 5.69 Å². The third kappa shape index (κ3) is 4.73. The number of aromatic nitrogens is 2. The zero-order valence-corrected chi connectivity index (χ0v) is 17.4. The second kappa shape index (κ2) is 9.23. The van der Waals surface area contributed by atoms with Gasteiger partial charge in [-0.15, -0.1) is 0 Å². The average molecular weight is 423 g/mol. The molecule has 162 valence electrons. The maximum absolute atomic E-state index is 13.6. The van der Waals surface area contributed by atoms with Crippen LogP contribution in [0.25, 0.3) is 10.9 Å². The molecule has 1 atom stereocenters. The van der Waals surface area contributed by atoms with E-state index in [1.807, 2.05) is 37.3 Å². The van der Waals surface area contributed by atoms with E-state index in [0.717, 1.165) is 18.7 Å². The number of hydrogen-bond donors (Lipinski definition) is 1. The lowest BCUT2D eigenvalue weighted by Gasteiger charge is -2.35. The lowest BCUT2D eigenvalue weighted by atomic mass is 10.1. The minimum absolute atomic E-state index is 0.0704. The quantitative estimate of drug-likeness (QED) is 0.463. The number of nitrogens with one attached hydrogen (secondary N) is 1. The van der Waals surface area contributed by atoms with Crippen LogP contribution in [0, 0.1) is 10.1 Å². The van der Waals surface area contributed by atoms with Crippen molar-refractivity contribution in [3.8, 4) is 0 Å². The molecule has 4 rings (SSSR count). The molecule has 1 fully saturated rings. The number of H-pyrrole nitrogens is 1. The molecule has 1 saturated heterocycles. The maximum atomic E-state index is 13.6. The van der Waals surface area contributed by atoms with E-state index in [1.165, 1.54) is 12.1 Å². The van der Waals surface area contributed by atoms with Crippen LogP contribution in [0.2, 0.25) is 0 Å². The van der Waals surface area contributed by atoms with Gasteiger partial charge in [-0.2, -0.15) is 5.10 Å². The standard InChI is InChI=1S/C22H25N5O4/c1-16(14-25-9-11-31-12-10-25)26(15-17-5-3-2-4-6-17)22(28)21-19-13-18(27(29)30)7-8-20(19)23-24-21/h2-8,13,16H,9-12,14-15H2,1H3,(H,23,24). The summed E-state index contributed by atoms with van der Waals surface area (Å²) in [5, 5.41) is 18.7. The Balaban J connectivity index is 1.65. The highest BCUT2D eigenvalue weighted by Crippen LogP contribution is 2.24. The summed E-state index contributed by atoms with van der Waals surface area (Å²) in [7, 11) is 0. The molecule has 1 aliphatic heterocycles. The highest BCUT2D eigenvalue weighted by atomic mass is 16.6. The minimum atomic E-state index is -0.469. The second-order valence-corrected chi connectivity index (χ2v) is 7.74. The van der Waals surface area contributed by atoms with Crippen LogP contribution in [0.3, 0.4) is 0 Å². The first-order valence-electron chi connectivity index (χ1n) is 10.3. The molecule has 9 nitrogen and oxygen atoms in total. The molecule has 3 aromatic rings. The molecule has 1 aromatic heterocycles. The molecule has 1 unspecified atom stereocenters. The van der Waals surface area contributed by atoms with E-state index in [0.29, 0.717) is 37.2 Å². The Labute approximate surface area is 179 Å². The van der Waals surface area contributed by atoms with Gasteiger partial charge in [0.2, 0.25) is 0 Å². The van der Waals surface area contributed by atoms with E-state index in [-0.39, 0.29) is 23.3 Å². The van der Waals surface area contributed by atoms with Crippen molar-refractivity contribution in [2.75, 3.05) is 32.8 Å². The van der Waals surface area contributed by atoms with Crippen LogP contribution in [0.4, 0.5) is 5.69 Å². The van der Waals surface area contributed by atoms with Crippen LogP contribution in [-0.2, 0) is 11.3 Å². The summed E-state index contributed by atoms with van der Waals surface area (Å²) in [5.74, 6) is -0.253. The first-order chi connectivity index (χ1) is 15.0. The predicted octanol–water partition coefficient (Wildman–Crippen LogP) is 2.83. The van der Waals surface area contributed by atoms with Gasteiger partial charge < -0.3 is 9.64 Å². The van der Waals surface area contributed by atoms with Crippen LogP contribution >= 0.6 is 0 Å². The summed E-state index contributed by atoms with van der Waals surface area (Å²) in [6, 6.07) is 14.1. The van der Waals surface area contributed by atoms with Crippen LogP contribution in [0.15, 0.2) is 48.5 Å². The molecular weight excluding hydrogens is 398 g/mol. The average Bonchev–Trinajstić information content (AvgIpc) is 3.21. The molecule has 0 spiro atoms. The molecule has 0 aliphatic carbocycles. The van der Waals surface area contributed by atoms with Gasteiger partial charge in [-0.3, -0.25) is 24.9 Å². The summed E-state index contributed by atoms with van der Waals surface area (Å²) >= 11 is 0. The summed E-state index contributed by atoms with van der Waals surface area (Å²) in [5.41, 5.74) is 1.73. The van der Waals surface area contributed by atoms with E-state index >= 15 is 0 Å². The topological polar surface area (TPSA) is 105 Å². The van der Waals surface area contributed by atoms with Gasteiger partial charge in [0, 0.05) is 49.7 Å². The molecule has 0 saturated carbocycles. The first kappa shape index (κ1) is 21.0. The summed E-state index contributed by atoms with van der Waals surface area (Å²) < 4.78 is 5.43. The lowest BCUT2D eigenvalue weighted by molar-refractivity contribution is -0.384. The van der Waals surface area contributed by atoms with Gasteiger partial charge in [-0.05, 0) is 18.6 Å². The molecule has 31 heavy (non-hydrogen) atoms. The van der Waals surface area contributed by atoms with Crippen LogP contribution in [-0.4, -0.2) is 69.7 Å². The van der Waals surface area contributed by atoms with Crippen molar-refractivity contribution < 1.29 is 14.5 Å². The smallest absolute Gasteiger partial charge is 0.275 e. The fourth-order valence-corrected chi connectivity index (χ4v) is 3.88. The highest BCUT2D eigenvalue weighted by molar-refractivity contribution is 6.05. The zero-order chi connectivity index (χ0) is 21.8. The van der Waals surface area contributed by atoms with E-state index in [1.54, 1.807) is 11.0 Å². The monoisotopic (exact) mass is 423 g/mol. The zero-order valence-electron chi connectivity index (χ0n) is 17.4. The Bertz CT molecular complexity index is 1060. The maximum Gasteiger partial charge on any atom is 0.275 e. The number of morpholine rings is 1. The van der Waals surface area contributed by atoms with Crippen molar-refractivity contribution in [1.29, 1.82) is 0 Å². The van der Waals surface area contributed by atoms with Gasteiger partial charge in [0.1, 0.15) is 0 Å². The third-order valence-electron chi connectivity index (χ3n) is 5.57. The number of hydrogen-bond acceptors (Lipinski definition) is 6. The number of amides is 1. The first-order valence-corrected chi connectivity index (χ1v) is 10.3. The van der Waals surface area contributed by atoms with Crippen molar-refractivity contribution in [3.05, 3.63) is 69.9 Å². The Morgan fingerprint density at radius 2 is 2.00 bits per heavy atom. The van der Waals surface area contributed by atoms with Gasteiger partial charge in [-0.25, -0.2) is 0 Å². The molecule has 9 heteroatoms.